The minimum Gasteiger partial charge on any atom is -0.338 e. The molecule has 8 heteroatoms. The summed E-state index contributed by atoms with van der Waals surface area (Å²) < 4.78 is 0. The molecule has 0 bridgehead atoms. The van der Waals surface area contributed by atoms with Crippen molar-refractivity contribution in [2.24, 2.45) is 0 Å². The Hall–Kier alpha value is -3.00. The number of carbonyl (C=O) groups excluding carboxylic acids is 1. The average Bonchev–Trinajstić information content (AvgIpc) is 3.12. The Bertz CT molecular complexity index is 845. The molecular formula is C17H21N7O. The summed E-state index contributed by atoms with van der Waals surface area (Å²) in [5.74, 6) is 0.490. The number of hydrogen-bond donors (Lipinski definition) is 3. The first-order valence-corrected chi connectivity index (χ1v) is 8.07. The highest BCUT2D eigenvalue weighted by atomic mass is 16.2. The molecule has 3 N–H and O–H groups in total. The van der Waals surface area contributed by atoms with Crippen molar-refractivity contribution in [1.82, 2.24) is 30.4 Å². The second kappa shape index (κ2) is 7.71. The molecule has 0 spiro atoms. The number of nitrogens with one attached hydrogen (secondary N) is 3. The van der Waals surface area contributed by atoms with Gasteiger partial charge in [0.25, 0.3) is 0 Å². The van der Waals surface area contributed by atoms with Crippen molar-refractivity contribution < 1.29 is 4.79 Å². The van der Waals surface area contributed by atoms with Gasteiger partial charge in [-0.25, -0.2) is 9.78 Å². The number of rotatable bonds is 6. The summed E-state index contributed by atoms with van der Waals surface area (Å²) in [6, 6.07) is 5.24. The third-order valence-corrected chi connectivity index (χ3v) is 3.68. The summed E-state index contributed by atoms with van der Waals surface area (Å²) >= 11 is 0. The SMILES string of the molecule is CN(C)CCCNC(=O)Nc1ccc2ncc(-c3cn[nH]c3)cc2n1. The first kappa shape index (κ1) is 16.8. The zero-order chi connectivity index (χ0) is 17.6. The number of nitrogens with zero attached hydrogens (tertiary/aromatic N) is 4. The molecular weight excluding hydrogens is 318 g/mol. The van der Waals surface area contributed by atoms with Gasteiger partial charge in [-0.2, -0.15) is 5.10 Å². The van der Waals surface area contributed by atoms with Gasteiger partial charge >= 0.3 is 6.03 Å². The number of H-pyrrole nitrogens is 1. The molecule has 3 aromatic rings. The van der Waals surface area contributed by atoms with Crippen molar-refractivity contribution in [3.8, 4) is 11.1 Å². The van der Waals surface area contributed by atoms with E-state index in [-0.39, 0.29) is 6.03 Å². The normalized spacial score (nSPS) is 11.0. The molecule has 0 saturated heterocycles. The predicted octanol–water partition coefficient (Wildman–Crippen LogP) is 2.09. The molecule has 3 heterocycles. The standard InChI is InChI=1S/C17H21N7O/c1-24(2)7-3-6-18-17(25)23-16-5-4-14-15(22-16)8-12(9-19-14)13-10-20-21-11-13/h4-5,8-11H,3,6-7H2,1-2H3,(H,20,21)(H2,18,22,23,25). The first-order chi connectivity index (χ1) is 12.1. The monoisotopic (exact) mass is 339 g/mol. The van der Waals surface area contributed by atoms with Gasteiger partial charge in [0.2, 0.25) is 0 Å². The van der Waals surface area contributed by atoms with E-state index in [1.807, 2.05) is 26.2 Å². The molecule has 0 aliphatic heterocycles. The molecule has 0 atom stereocenters. The van der Waals surface area contributed by atoms with Gasteiger partial charge in [-0.05, 0) is 45.3 Å². The lowest BCUT2D eigenvalue weighted by molar-refractivity contribution is 0.251. The number of pyridine rings is 2. The van der Waals surface area contributed by atoms with E-state index in [0.29, 0.717) is 17.9 Å². The van der Waals surface area contributed by atoms with Crippen LogP contribution in [0, 0.1) is 0 Å². The van der Waals surface area contributed by atoms with Crippen LogP contribution >= 0.6 is 0 Å². The average molecular weight is 339 g/mol. The van der Waals surface area contributed by atoms with E-state index in [9.17, 15) is 4.79 Å². The fourth-order valence-corrected chi connectivity index (χ4v) is 2.40. The van der Waals surface area contributed by atoms with Crippen molar-refractivity contribution in [1.29, 1.82) is 0 Å². The first-order valence-electron chi connectivity index (χ1n) is 8.07. The number of aromatic nitrogens is 4. The third kappa shape index (κ3) is 4.51. The van der Waals surface area contributed by atoms with Crippen LogP contribution in [0.5, 0.6) is 0 Å². The highest BCUT2D eigenvalue weighted by Crippen LogP contribution is 2.21. The summed E-state index contributed by atoms with van der Waals surface area (Å²) in [6.07, 6.45) is 6.20. The molecule has 0 fully saturated rings. The second-order valence-corrected chi connectivity index (χ2v) is 5.98. The lowest BCUT2D eigenvalue weighted by atomic mass is 10.1. The van der Waals surface area contributed by atoms with Crippen LogP contribution in [0.25, 0.3) is 22.2 Å². The maximum atomic E-state index is 11.9. The Kier molecular flexibility index (Phi) is 5.20. The Morgan fingerprint density at radius 3 is 2.84 bits per heavy atom. The summed E-state index contributed by atoms with van der Waals surface area (Å²) in [6.45, 7) is 1.54. The Morgan fingerprint density at radius 1 is 1.20 bits per heavy atom. The summed E-state index contributed by atoms with van der Waals surface area (Å²) in [4.78, 5) is 22.9. The second-order valence-electron chi connectivity index (χ2n) is 5.98. The minimum absolute atomic E-state index is 0.260. The maximum Gasteiger partial charge on any atom is 0.320 e. The Balaban J connectivity index is 1.66. The van der Waals surface area contributed by atoms with Crippen LogP contribution in [0.3, 0.4) is 0 Å². The Morgan fingerprint density at radius 2 is 2.08 bits per heavy atom. The fraction of sp³-hybridized carbons (Fsp3) is 0.294. The Labute approximate surface area is 145 Å². The number of anilines is 1. The van der Waals surface area contributed by atoms with Crippen molar-refractivity contribution in [2.75, 3.05) is 32.5 Å². The number of carbonyl (C=O) groups is 1. The topological polar surface area (TPSA) is 98.8 Å². The maximum absolute atomic E-state index is 11.9. The van der Waals surface area contributed by atoms with Gasteiger partial charge in [0, 0.05) is 30.1 Å². The van der Waals surface area contributed by atoms with E-state index in [2.05, 4.69) is 35.7 Å². The molecule has 130 valence electrons. The zero-order valence-corrected chi connectivity index (χ0v) is 14.3. The largest absolute Gasteiger partial charge is 0.338 e. The number of fused-ring (bicyclic) bond motifs is 1. The lowest BCUT2D eigenvalue weighted by Gasteiger charge is -2.10. The van der Waals surface area contributed by atoms with E-state index in [4.69, 9.17) is 0 Å². The summed E-state index contributed by atoms with van der Waals surface area (Å²) in [5, 5.41) is 12.3. The van der Waals surface area contributed by atoms with Crippen LogP contribution in [0.2, 0.25) is 0 Å². The van der Waals surface area contributed by atoms with Gasteiger partial charge in [0.1, 0.15) is 5.82 Å². The van der Waals surface area contributed by atoms with E-state index >= 15 is 0 Å². The van der Waals surface area contributed by atoms with Crippen molar-refractivity contribution >= 4 is 22.9 Å². The molecule has 0 saturated carbocycles. The molecule has 25 heavy (non-hydrogen) atoms. The number of hydrogen-bond acceptors (Lipinski definition) is 5. The number of aromatic amines is 1. The molecule has 8 nitrogen and oxygen atoms in total. The van der Waals surface area contributed by atoms with Crippen molar-refractivity contribution in [2.45, 2.75) is 6.42 Å². The number of urea groups is 1. The molecule has 3 aromatic heterocycles. The quantitative estimate of drug-likeness (QED) is 0.597. The lowest BCUT2D eigenvalue weighted by Crippen LogP contribution is -2.31. The fourth-order valence-electron chi connectivity index (χ4n) is 2.40. The van der Waals surface area contributed by atoms with Crippen LogP contribution in [0.4, 0.5) is 10.6 Å². The van der Waals surface area contributed by atoms with E-state index in [1.165, 1.54) is 0 Å². The molecule has 0 aromatic carbocycles. The van der Waals surface area contributed by atoms with Crippen LogP contribution < -0.4 is 10.6 Å². The number of amides is 2. The molecule has 3 rings (SSSR count). The van der Waals surface area contributed by atoms with Gasteiger partial charge in [-0.15, -0.1) is 0 Å². The van der Waals surface area contributed by atoms with Crippen LogP contribution in [0.1, 0.15) is 6.42 Å². The molecule has 0 unspecified atom stereocenters. The summed E-state index contributed by atoms with van der Waals surface area (Å²) in [5.41, 5.74) is 3.33. The van der Waals surface area contributed by atoms with Crippen LogP contribution in [0.15, 0.2) is 36.8 Å². The van der Waals surface area contributed by atoms with E-state index < -0.39 is 0 Å². The summed E-state index contributed by atoms with van der Waals surface area (Å²) in [7, 11) is 4.01. The highest BCUT2D eigenvalue weighted by Gasteiger charge is 2.06. The van der Waals surface area contributed by atoms with Gasteiger partial charge in [-0.1, -0.05) is 0 Å². The highest BCUT2D eigenvalue weighted by molar-refractivity contribution is 5.90. The molecule has 0 radical (unpaired) electrons. The van der Waals surface area contributed by atoms with Crippen LogP contribution in [-0.2, 0) is 0 Å². The van der Waals surface area contributed by atoms with Crippen LogP contribution in [-0.4, -0.2) is 58.3 Å². The third-order valence-electron chi connectivity index (χ3n) is 3.68. The van der Waals surface area contributed by atoms with Gasteiger partial charge in [0.15, 0.2) is 0 Å². The van der Waals surface area contributed by atoms with Crippen molar-refractivity contribution in [3.05, 3.63) is 36.8 Å². The van der Waals surface area contributed by atoms with Crippen molar-refractivity contribution in [3.63, 3.8) is 0 Å². The van der Waals surface area contributed by atoms with E-state index in [0.717, 1.165) is 29.6 Å². The van der Waals surface area contributed by atoms with Gasteiger partial charge in [-0.3, -0.25) is 15.4 Å². The van der Waals surface area contributed by atoms with E-state index in [1.54, 1.807) is 24.7 Å². The molecule has 2 amide bonds. The smallest absolute Gasteiger partial charge is 0.320 e. The van der Waals surface area contributed by atoms with Gasteiger partial charge in [0.05, 0.1) is 17.2 Å². The molecule has 0 aliphatic rings. The molecule has 0 aliphatic carbocycles. The minimum atomic E-state index is -0.260. The zero-order valence-electron chi connectivity index (χ0n) is 14.3. The predicted molar refractivity (Wildman–Crippen MR) is 97.3 cm³/mol. The van der Waals surface area contributed by atoms with Gasteiger partial charge < -0.3 is 10.2 Å².